The minimum Gasteiger partial charge on any atom is -0.372 e. The lowest BCUT2D eigenvalue weighted by Crippen LogP contribution is -2.19. The SMILES string of the molecule is CN1C[C@H](N)c2ccccc21. The highest BCUT2D eigenvalue weighted by Gasteiger charge is 2.21. The molecule has 2 rings (SSSR count). The molecule has 58 valence electrons. The van der Waals surface area contributed by atoms with Crippen LogP contribution in [0.1, 0.15) is 11.6 Å². The summed E-state index contributed by atoms with van der Waals surface area (Å²) < 4.78 is 0. The largest absolute Gasteiger partial charge is 0.372 e. The number of hydrogen-bond donors (Lipinski definition) is 1. The summed E-state index contributed by atoms with van der Waals surface area (Å²) in [7, 11) is 2.08. The van der Waals surface area contributed by atoms with Crippen LogP contribution in [0.2, 0.25) is 0 Å². The predicted octanol–water partition coefficient (Wildman–Crippen LogP) is 1.14. The van der Waals surface area contributed by atoms with Gasteiger partial charge in [-0.15, -0.1) is 0 Å². The molecule has 0 saturated carbocycles. The zero-order valence-electron chi connectivity index (χ0n) is 6.62. The van der Waals surface area contributed by atoms with Gasteiger partial charge in [-0.1, -0.05) is 18.2 Å². The molecule has 2 N–H and O–H groups in total. The Morgan fingerprint density at radius 1 is 1.45 bits per heavy atom. The Morgan fingerprint density at radius 3 is 2.91 bits per heavy atom. The van der Waals surface area contributed by atoms with Crippen molar-refractivity contribution in [3.8, 4) is 0 Å². The topological polar surface area (TPSA) is 29.3 Å². The van der Waals surface area contributed by atoms with E-state index in [9.17, 15) is 0 Å². The normalized spacial score (nSPS) is 22.0. The van der Waals surface area contributed by atoms with Crippen LogP contribution in [-0.4, -0.2) is 13.6 Å². The molecule has 2 nitrogen and oxygen atoms in total. The molecule has 0 unspecified atom stereocenters. The van der Waals surface area contributed by atoms with Crippen molar-refractivity contribution in [2.75, 3.05) is 18.5 Å². The lowest BCUT2D eigenvalue weighted by molar-refractivity contribution is 0.760. The van der Waals surface area contributed by atoms with Crippen molar-refractivity contribution in [1.29, 1.82) is 0 Å². The molecule has 0 amide bonds. The molecule has 1 atom stereocenters. The predicted molar refractivity (Wildman–Crippen MR) is 46.6 cm³/mol. The summed E-state index contributed by atoms with van der Waals surface area (Å²) in [6.45, 7) is 0.944. The minimum absolute atomic E-state index is 0.205. The van der Waals surface area contributed by atoms with Crippen molar-refractivity contribution in [2.24, 2.45) is 5.73 Å². The molecule has 1 aromatic carbocycles. The first-order valence-corrected chi connectivity index (χ1v) is 3.84. The molecule has 0 radical (unpaired) electrons. The van der Waals surface area contributed by atoms with Gasteiger partial charge in [0.05, 0.1) is 0 Å². The third-order valence-electron chi connectivity index (χ3n) is 2.22. The van der Waals surface area contributed by atoms with Crippen LogP contribution in [0.25, 0.3) is 0 Å². The summed E-state index contributed by atoms with van der Waals surface area (Å²) in [5, 5.41) is 0. The number of benzene rings is 1. The van der Waals surface area contributed by atoms with Crippen LogP contribution in [0.3, 0.4) is 0 Å². The smallest absolute Gasteiger partial charge is 0.0493 e. The van der Waals surface area contributed by atoms with Crippen LogP contribution in [-0.2, 0) is 0 Å². The first-order valence-electron chi connectivity index (χ1n) is 3.84. The molecular formula is C9H12N2. The number of nitrogens with zero attached hydrogens (tertiary/aromatic N) is 1. The van der Waals surface area contributed by atoms with Gasteiger partial charge in [-0.25, -0.2) is 0 Å². The number of rotatable bonds is 0. The van der Waals surface area contributed by atoms with E-state index < -0.39 is 0 Å². The standard InChI is InChI=1S/C9H12N2/c1-11-6-8(10)7-4-2-3-5-9(7)11/h2-5,8H,6,10H2,1H3/t8-/m0/s1. The molecule has 11 heavy (non-hydrogen) atoms. The highest BCUT2D eigenvalue weighted by atomic mass is 15.1. The van der Waals surface area contributed by atoms with E-state index >= 15 is 0 Å². The second-order valence-corrected chi connectivity index (χ2v) is 3.05. The fraction of sp³-hybridized carbons (Fsp3) is 0.333. The van der Waals surface area contributed by atoms with Crippen LogP contribution >= 0.6 is 0 Å². The van der Waals surface area contributed by atoms with Gasteiger partial charge < -0.3 is 10.6 Å². The lowest BCUT2D eigenvalue weighted by atomic mass is 10.1. The fourth-order valence-electron chi connectivity index (χ4n) is 1.64. The van der Waals surface area contributed by atoms with Gasteiger partial charge in [-0.3, -0.25) is 0 Å². The Hall–Kier alpha value is -1.02. The average molecular weight is 148 g/mol. The highest BCUT2D eigenvalue weighted by Crippen LogP contribution is 2.31. The van der Waals surface area contributed by atoms with E-state index in [0.29, 0.717) is 0 Å². The molecule has 0 saturated heterocycles. The molecule has 1 aliphatic rings. The summed E-state index contributed by atoms with van der Waals surface area (Å²) in [5.41, 5.74) is 8.45. The number of nitrogens with two attached hydrogens (primary N) is 1. The lowest BCUT2D eigenvalue weighted by Gasteiger charge is -2.10. The number of para-hydroxylation sites is 1. The van der Waals surface area contributed by atoms with E-state index in [1.54, 1.807) is 0 Å². The van der Waals surface area contributed by atoms with E-state index in [1.165, 1.54) is 11.3 Å². The van der Waals surface area contributed by atoms with Crippen LogP contribution in [0, 0.1) is 0 Å². The summed E-state index contributed by atoms with van der Waals surface area (Å²) in [6.07, 6.45) is 0. The maximum atomic E-state index is 5.90. The maximum absolute atomic E-state index is 5.90. The quantitative estimate of drug-likeness (QED) is 0.597. The van der Waals surface area contributed by atoms with Gasteiger partial charge >= 0.3 is 0 Å². The number of anilines is 1. The average Bonchev–Trinajstić information content (AvgIpc) is 2.30. The molecule has 0 spiro atoms. The molecule has 2 heteroatoms. The number of likely N-dealkylation sites (N-methyl/N-ethyl adjacent to an activating group) is 1. The first kappa shape index (κ1) is 6.68. The zero-order chi connectivity index (χ0) is 7.84. The summed E-state index contributed by atoms with van der Waals surface area (Å²) in [5.74, 6) is 0. The molecule has 1 aliphatic heterocycles. The van der Waals surface area contributed by atoms with Gasteiger partial charge in [-0.05, 0) is 11.6 Å². The van der Waals surface area contributed by atoms with Crippen molar-refractivity contribution < 1.29 is 0 Å². The third-order valence-corrected chi connectivity index (χ3v) is 2.22. The van der Waals surface area contributed by atoms with Gasteiger partial charge in [-0.2, -0.15) is 0 Å². The van der Waals surface area contributed by atoms with E-state index in [2.05, 4.69) is 24.1 Å². The maximum Gasteiger partial charge on any atom is 0.0493 e. The number of hydrogen-bond acceptors (Lipinski definition) is 2. The molecule has 1 heterocycles. The van der Waals surface area contributed by atoms with Gasteiger partial charge in [0.2, 0.25) is 0 Å². The van der Waals surface area contributed by atoms with Crippen molar-refractivity contribution >= 4 is 5.69 Å². The highest BCUT2D eigenvalue weighted by molar-refractivity contribution is 5.58. The molecule has 0 aromatic heterocycles. The van der Waals surface area contributed by atoms with Crippen LogP contribution in [0.4, 0.5) is 5.69 Å². The first-order chi connectivity index (χ1) is 5.29. The van der Waals surface area contributed by atoms with Gasteiger partial charge in [0.1, 0.15) is 0 Å². The monoisotopic (exact) mass is 148 g/mol. The van der Waals surface area contributed by atoms with Crippen molar-refractivity contribution in [3.63, 3.8) is 0 Å². The molecule has 0 aliphatic carbocycles. The third kappa shape index (κ3) is 0.906. The molecule has 0 fully saturated rings. The van der Waals surface area contributed by atoms with E-state index in [1.807, 2.05) is 12.1 Å². The van der Waals surface area contributed by atoms with Crippen LogP contribution in [0.15, 0.2) is 24.3 Å². The second-order valence-electron chi connectivity index (χ2n) is 3.05. The Balaban J connectivity index is 2.52. The van der Waals surface area contributed by atoms with Gasteiger partial charge in [0.25, 0.3) is 0 Å². The molecular weight excluding hydrogens is 136 g/mol. The van der Waals surface area contributed by atoms with E-state index in [-0.39, 0.29) is 6.04 Å². The summed E-state index contributed by atoms with van der Waals surface area (Å²) in [4.78, 5) is 2.19. The van der Waals surface area contributed by atoms with Crippen molar-refractivity contribution in [1.82, 2.24) is 0 Å². The van der Waals surface area contributed by atoms with Crippen LogP contribution < -0.4 is 10.6 Å². The van der Waals surface area contributed by atoms with Gasteiger partial charge in [0.15, 0.2) is 0 Å². The summed E-state index contributed by atoms with van der Waals surface area (Å²) >= 11 is 0. The van der Waals surface area contributed by atoms with Crippen LogP contribution in [0.5, 0.6) is 0 Å². The fourth-order valence-corrected chi connectivity index (χ4v) is 1.64. The van der Waals surface area contributed by atoms with Crippen molar-refractivity contribution in [3.05, 3.63) is 29.8 Å². The van der Waals surface area contributed by atoms with E-state index in [4.69, 9.17) is 5.73 Å². The minimum atomic E-state index is 0.205. The second kappa shape index (κ2) is 2.24. The molecule has 1 aromatic rings. The zero-order valence-corrected chi connectivity index (χ0v) is 6.62. The van der Waals surface area contributed by atoms with E-state index in [0.717, 1.165) is 6.54 Å². The Kier molecular flexibility index (Phi) is 1.36. The Labute approximate surface area is 66.6 Å². The summed E-state index contributed by atoms with van der Waals surface area (Å²) in [6, 6.07) is 8.51. The number of fused-ring (bicyclic) bond motifs is 1. The van der Waals surface area contributed by atoms with Gasteiger partial charge in [0, 0.05) is 25.3 Å². The van der Waals surface area contributed by atoms with Crippen molar-refractivity contribution in [2.45, 2.75) is 6.04 Å². The Morgan fingerprint density at radius 2 is 2.18 bits per heavy atom. The molecule has 0 bridgehead atoms. The Bertz CT molecular complexity index is 243.